The number of nitrogens with one attached hydrogen (secondary N) is 2. The van der Waals surface area contributed by atoms with Crippen molar-refractivity contribution in [3.8, 4) is 23.1 Å². The van der Waals surface area contributed by atoms with Gasteiger partial charge in [-0.25, -0.2) is 9.78 Å². The van der Waals surface area contributed by atoms with Crippen molar-refractivity contribution < 1.29 is 29.0 Å². The Balaban J connectivity index is 0.00000252. The number of urea groups is 1. The summed E-state index contributed by atoms with van der Waals surface area (Å²) in [5, 5.41) is 13.4. The van der Waals surface area contributed by atoms with E-state index in [-0.39, 0.29) is 42.0 Å². The molecule has 304 valence electrons. The first-order chi connectivity index (χ1) is 28.0. The molecule has 15 heteroatoms. The molecule has 3 aromatic heterocycles. The van der Waals surface area contributed by atoms with Gasteiger partial charge in [-0.15, -0.1) is 0 Å². The molecule has 8 rings (SSSR count). The Kier molecular flexibility index (Phi) is 12.4. The summed E-state index contributed by atoms with van der Waals surface area (Å²) in [4.78, 5) is 64.7. The van der Waals surface area contributed by atoms with Crippen LogP contribution in [0.3, 0.4) is 0 Å². The third-order valence-corrected chi connectivity index (χ3v) is 12.1. The molecule has 4 fully saturated rings. The third kappa shape index (κ3) is 8.88. The molecule has 4 aliphatic rings. The van der Waals surface area contributed by atoms with Gasteiger partial charge < -0.3 is 24.6 Å². The van der Waals surface area contributed by atoms with Crippen LogP contribution in [0.5, 0.6) is 0 Å². The Morgan fingerprint density at radius 2 is 1.81 bits per heavy atom. The quantitative estimate of drug-likeness (QED) is 0.223. The Morgan fingerprint density at radius 1 is 1.05 bits per heavy atom. The number of aromatic nitrogens is 3. The minimum absolute atomic E-state index is 0.0749. The van der Waals surface area contributed by atoms with Crippen LogP contribution in [0.15, 0.2) is 48.8 Å². The van der Waals surface area contributed by atoms with E-state index in [9.17, 15) is 19.2 Å². The van der Waals surface area contributed by atoms with Crippen LogP contribution < -0.4 is 15.5 Å². The number of aliphatic hydroxyl groups is 1. The van der Waals surface area contributed by atoms with Crippen LogP contribution in [0.4, 0.5) is 16.3 Å². The van der Waals surface area contributed by atoms with E-state index in [1.54, 1.807) is 24.4 Å². The second-order valence-electron chi connectivity index (χ2n) is 15.4. The van der Waals surface area contributed by atoms with E-state index in [2.05, 4.69) is 50.7 Å². The van der Waals surface area contributed by atoms with Gasteiger partial charge in [0.25, 0.3) is 5.91 Å². The summed E-state index contributed by atoms with van der Waals surface area (Å²) in [5.74, 6) is 7.05. The van der Waals surface area contributed by atoms with Gasteiger partial charge in [-0.1, -0.05) is 23.4 Å². The molecule has 1 unspecified atom stereocenters. The second kappa shape index (κ2) is 17.7. The molecule has 1 aromatic carbocycles. The minimum atomic E-state index is -0.532. The molecular formula is C43H49ClN8O6. The van der Waals surface area contributed by atoms with Gasteiger partial charge in [0.05, 0.1) is 41.3 Å². The fourth-order valence-corrected chi connectivity index (χ4v) is 8.64. The highest BCUT2D eigenvalue weighted by molar-refractivity contribution is 6.34. The van der Waals surface area contributed by atoms with Crippen molar-refractivity contribution in [1.29, 1.82) is 0 Å². The fraction of sp³-hybridized carbons (Fsp3) is 0.442. The predicted molar refractivity (Wildman–Crippen MR) is 222 cm³/mol. The zero-order chi connectivity index (χ0) is 41.0. The van der Waals surface area contributed by atoms with E-state index in [1.165, 1.54) is 11.8 Å². The summed E-state index contributed by atoms with van der Waals surface area (Å²) in [5.41, 5.74) is 5.74. The number of carbonyl (C=O) groups excluding carboxylic acids is 4. The normalized spacial score (nSPS) is 19.3. The first-order valence-electron chi connectivity index (χ1n) is 19.7. The highest BCUT2D eigenvalue weighted by atomic mass is 35.5. The number of ether oxygens (including phenoxy) is 1. The maximum atomic E-state index is 13.6. The van der Waals surface area contributed by atoms with E-state index < -0.39 is 6.03 Å². The number of aliphatic hydroxyl groups excluding tert-OH is 1. The summed E-state index contributed by atoms with van der Waals surface area (Å²) < 4.78 is 7.75. The molecule has 4 saturated heterocycles. The number of fused-ring (bicyclic) bond motifs is 1. The molecule has 4 aromatic rings. The molecule has 4 aliphatic heterocycles. The average molecular weight is 809 g/mol. The topological polar surface area (TPSA) is 162 Å². The molecule has 1 spiro atoms. The smallest absolute Gasteiger partial charge is 0.328 e. The summed E-state index contributed by atoms with van der Waals surface area (Å²) >= 11 is 6.42. The summed E-state index contributed by atoms with van der Waals surface area (Å²) in [7, 11) is 2.98. The zero-order valence-electron chi connectivity index (χ0n) is 33.1. The number of anilines is 2. The van der Waals surface area contributed by atoms with Crippen LogP contribution in [-0.4, -0.2) is 113 Å². The number of rotatable bonds is 6. The first-order valence-corrected chi connectivity index (χ1v) is 20.1. The molecule has 0 radical (unpaired) electrons. The van der Waals surface area contributed by atoms with E-state index in [4.69, 9.17) is 26.4 Å². The van der Waals surface area contributed by atoms with Crippen molar-refractivity contribution in [2.24, 2.45) is 12.5 Å². The summed E-state index contributed by atoms with van der Waals surface area (Å²) in [6.07, 6.45) is 8.93. The fourth-order valence-electron chi connectivity index (χ4n) is 8.42. The van der Waals surface area contributed by atoms with Crippen molar-refractivity contribution in [3.05, 3.63) is 70.6 Å². The summed E-state index contributed by atoms with van der Waals surface area (Å²) in [6, 6.07) is 10.5. The predicted octanol–water partition coefficient (Wildman–Crippen LogP) is 5.18. The summed E-state index contributed by atoms with van der Waals surface area (Å²) in [6.45, 7) is 6.98. The van der Waals surface area contributed by atoms with Gasteiger partial charge in [0, 0.05) is 93.6 Å². The van der Waals surface area contributed by atoms with Crippen LogP contribution in [-0.2, 0) is 21.4 Å². The van der Waals surface area contributed by atoms with Crippen LogP contribution >= 0.6 is 11.6 Å². The first kappa shape index (κ1) is 40.9. The molecule has 3 N–H and O–H groups in total. The average Bonchev–Trinajstić information content (AvgIpc) is 3.88. The number of nitrogens with zero attached hydrogens (tertiary/aromatic N) is 6. The monoisotopic (exact) mass is 808 g/mol. The van der Waals surface area contributed by atoms with Crippen LogP contribution in [0, 0.1) is 17.3 Å². The number of carbonyl (C=O) groups is 4. The van der Waals surface area contributed by atoms with Crippen molar-refractivity contribution >= 4 is 57.8 Å². The van der Waals surface area contributed by atoms with E-state index in [0.717, 1.165) is 92.3 Å². The van der Waals surface area contributed by atoms with Gasteiger partial charge in [-0.05, 0) is 87.0 Å². The number of hydrogen-bond acceptors (Lipinski definition) is 9. The van der Waals surface area contributed by atoms with Gasteiger partial charge >= 0.3 is 6.03 Å². The van der Waals surface area contributed by atoms with Crippen molar-refractivity contribution in [2.45, 2.75) is 51.4 Å². The van der Waals surface area contributed by atoms with Gasteiger partial charge in [-0.3, -0.25) is 34.5 Å². The number of aryl methyl sites for hydroxylation is 1. The number of halogens is 1. The number of imide groups is 1. The second-order valence-corrected chi connectivity index (χ2v) is 15.8. The molecule has 58 heavy (non-hydrogen) atoms. The van der Waals surface area contributed by atoms with Crippen LogP contribution in [0.2, 0.25) is 5.02 Å². The molecular weight excluding hydrogens is 760 g/mol. The highest BCUT2D eigenvalue weighted by Gasteiger charge is 2.39. The molecule has 14 nitrogen and oxygen atoms in total. The third-order valence-electron chi connectivity index (χ3n) is 11.8. The van der Waals surface area contributed by atoms with E-state index in [1.807, 2.05) is 22.6 Å². The maximum Gasteiger partial charge on any atom is 0.328 e. The number of amides is 5. The highest BCUT2D eigenvalue weighted by Crippen LogP contribution is 2.42. The molecule has 5 amide bonds. The Morgan fingerprint density at radius 3 is 2.52 bits per heavy atom. The van der Waals surface area contributed by atoms with Crippen molar-refractivity contribution in [3.63, 3.8) is 0 Å². The zero-order valence-corrected chi connectivity index (χ0v) is 33.9. The number of hydrogen-bond donors (Lipinski definition) is 3. The lowest BCUT2D eigenvalue weighted by Crippen LogP contribution is -2.50. The van der Waals surface area contributed by atoms with Gasteiger partial charge in [0.15, 0.2) is 0 Å². The molecule has 0 bridgehead atoms. The minimum Gasteiger partial charge on any atom is -0.400 e. The Labute approximate surface area is 342 Å². The Bertz CT molecular complexity index is 2270. The lowest BCUT2D eigenvalue weighted by molar-refractivity contribution is -0.120. The van der Waals surface area contributed by atoms with Gasteiger partial charge in [-0.2, -0.15) is 0 Å². The number of likely N-dealkylation sites (tertiary alicyclic amines) is 2. The SMILES string of the molecule is CC(=O)Nc1cc2c(-c3cc(C#CCN4CCC5(CC4)CCN(C(=O)c4ccc(Cl)c(N6CCC(=O)NC6=O)c4)CC5)cc(C4CCOC4)n3)cn(C)c2cn1.CO. The largest absolute Gasteiger partial charge is 0.400 e. The molecule has 0 aliphatic carbocycles. The van der Waals surface area contributed by atoms with Crippen molar-refractivity contribution in [2.75, 3.05) is 69.8 Å². The van der Waals surface area contributed by atoms with Crippen LogP contribution in [0.1, 0.15) is 73.0 Å². The van der Waals surface area contributed by atoms with E-state index in [0.29, 0.717) is 48.3 Å². The number of benzene rings is 1. The van der Waals surface area contributed by atoms with Crippen molar-refractivity contribution in [1.82, 2.24) is 29.7 Å². The molecule has 1 atom stereocenters. The van der Waals surface area contributed by atoms with Crippen LogP contribution in [0.25, 0.3) is 22.2 Å². The lowest BCUT2D eigenvalue weighted by atomic mass is 9.71. The Hall–Kier alpha value is -5.33. The number of piperidine rings is 2. The number of pyridine rings is 2. The molecule has 0 saturated carbocycles. The van der Waals surface area contributed by atoms with Gasteiger partial charge in [0.2, 0.25) is 11.8 Å². The standard InChI is InChI=1S/C42H45ClN8O5.CH4O/c1-27(52)45-38-23-31-32(25-48(2)37(31)24-44-38)35-21-28(20-34(46-35)30-8-19-56-26-30)4-3-13-49-15-9-42(10-16-49)11-17-50(18-12-42)40(54)29-5-6-33(43)36(22-29)51-14-7-39(53)47-41(51)55;1-2/h5-6,20-25,30H,7-19,26H2,1-2H3,(H,44,45,52)(H,47,53,55);2H,1H3. The lowest BCUT2D eigenvalue weighted by Gasteiger charge is -2.46. The molecule has 7 heterocycles. The maximum absolute atomic E-state index is 13.6. The van der Waals surface area contributed by atoms with E-state index >= 15 is 0 Å². The van der Waals surface area contributed by atoms with Gasteiger partial charge in [0.1, 0.15) is 5.82 Å².